The lowest BCUT2D eigenvalue weighted by Gasteiger charge is -2.33. The Morgan fingerprint density at radius 2 is 2.09 bits per heavy atom. The van der Waals surface area contributed by atoms with E-state index >= 15 is 0 Å². The highest BCUT2D eigenvalue weighted by Crippen LogP contribution is 2.24. The standard InChI is InChI=1S/C14H19NO6S/c1-2-21-12-3-5-13(6-4-12)22(18,19)15-7-8-20-10-11(15)9-14(16)17/h3-6,11H,2,7-10H2,1H3,(H,16,17). The molecule has 2 rings (SSSR count). The second-order valence-electron chi connectivity index (χ2n) is 4.85. The van der Waals surface area contributed by atoms with E-state index in [9.17, 15) is 13.2 Å². The van der Waals surface area contributed by atoms with Crippen LogP contribution in [-0.4, -0.2) is 56.2 Å². The molecule has 0 radical (unpaired) electrons. The number of aliphatic carboxylic acids is 1. The van der Waals surface area contributed by atoms with Crippen molar-refractivity contribution in [1.29, 1.82) is 0 Å². The second-order valence-corrected chi connectivity index (χ2v) is 6.74. The summed E-state index contributed by atoms with van der Waals surface area (Å²) in [5.41, 5.74) is 0. The van der Waals surface area contributed by atoms with Crippen molar-refractivity contribution in [2.75, 3.05) is 26.4 Å². The molecule has 0 aromatic heterocycles. The molecule has 1 aromatic carbocycles. The summed E-state index contributed by atoms with van der Waals surface area (Å²) in [6, 6.07) is 5.41. The number of benzene rings is 1. The van der Waals surface area contributed by atoms with Crippen LogP contribution >= 0.6 is 0 Å². The number of sulfonamides is 1. The van der Waals surface area contributed by atoms with Gasteiger partial charge < -0.3 is 14.6 Å². The predicted octanol–water partition coefficient (Wildman–Crippen LogP) is 0.949. The topological polar surface area (TPSA) is 93.1 Å². The summed E-state index contributed by atoms with van der Waals surface area (Å²) in [4.78, 5) is 11.0. The molecule has 0 amide bonds. The van der Waals surface area contributed by atoms with Crippen molar-refractivity contribution in [3.8, 4) is 5.75 Å². The maximum absolute atomic E-state index is 12.7. The van der Waals surface area contributed by atoms with Gasteiger partial charge in [-0.2, -0.15) is 4.31 Å². The highest BCUT2D eigenvalue weighted by Gasteiger charge is 2.35. The zero-order valence-electron chi connectivity index (χ0n) is 12.3. The smallest absolute Gasteiger partial charge is 0.305 e. The molecule has 1 saturated heterocycles. The van der Waals surface area contributed by atoms with Crippen molar-refractivity contribution in [2.24, 2.45) is 0 Å². The third-order valence-corrected chi connectivity index (χ3v) is 5.29. The van der Waals surface area contributed by atoms with Crippen LogP contribution in [0.4, 0.5) is 0 Å². The van der Waals surface area contributed by atoms with Gasteiger partial charge in [0.25, 0.3) is 0 Å². The average Bonchev–Trinajstić information content (AvgIpc) is 2.48. The summed E-state index contributed by atoms with van der Waals surface area (Å²) >= 11 is 0. The Morgan fingerprint density at radius 3 is 2.68 bits per heavy atom. The molecule has 1 unspecified atom stereocenters. The zero-order chi connectivity index (χ0) is 16.2. The van der Waals surface area contributed by atoms with Gasteiger partial charge in [-0.25, -0.2) is 8.42 Å². The molecule has 1 aliphatic rings. The summed E-state index contributed by atoms with van der Waals surface area (Å²) in [7, 11) is -3.75. The van der Waals surface area contributed by atoms with Gasteiger partial charge in [0.1, 0.15) is 5.75 Å². The maximum atomic E-state index is 12.7. The minimum Gasteiger partial charge on any atom is -0.494 e. The second kappa shape index (κ2) is 7.08. The number of carbonyl (C=O) groups is 1. The molecule has 0 spiro atoms. The number of hydrogen-bond acceptors (Lipinski definition) is 5. The van der Waals surface area contributed by atoms with Crippen LogP contribution < -0.4 is 4.74 Å². The molecule has 0 bridgehead atoms. The maximum Gasteiger partial charge on any atom is 0.305 e. The number of morpholine rings is 1. The van der Waals surface area contributed by atoms with Crippen molar-refractivity contribution in [3.05, 3.63) is 24.3 Å². The van der Waals surface area contributed by atoms with E-state index in [-0.39, 0.29) is 31.1 Å². The quantitative estimate of drug-likeness (QED) is 0.835. The lowest BCUT2D eigenvalue weighted by atomic mass is 10.2. The molecule has 1 aliphatic heterocycles. The molecule has 1 aromatic rings. The van der Waals surface area contributed by atoms with Gasteiger partial charge in [0.15, 0.2) is 0 Å². The first-order chi connectivity index (χ1) is 10.4. The first kappa shape index (κ1) is 16.7. The monoisotopic (exact) mass is 329 g/mol. The first-order valence-corrected chi connectivity index (χ1v) is 8.43. The fourth-order valence-corrected chi connectivity index (χ4v) is 3.92. The summed E-state index contributed by atoms with van der Waals surface area (Å²) in [6.45, 7) is 2.83. The fraction of sp³-hybridized carbons (Fsp3) is 0.500. The predicted molar refractivity (Wildman–Crippen MR) is 78.4 cm³/mol. The van der Waals surface area contributed by atoms with Crippen LogP contribution in [0.5, 0.6) is 5.75 Å². The average molecular weight is 329 g/mol. The fourth-order valence-electron chi connectivity index (χ4n) is 2.33. The van der Waals surface area contributed by atoms with Crippen molar-refractivity contribution in [3.63, 3.8) is 0 Å². The van der Waals surface area contributed by atoms with Crippen LogP contribution in [0.3, 0.4) is 0 Å². The molecule has 1 fully saturated rings. The Kier molecular flexibility index (Phi) is 5.38. The lowest BCUT2D eigenvalue weighted by Crippen LogP contribution is -2.49. The van der Waals surface area contributed by atoms with E-state index in [1.807, 2.05) is 6.92 Å². The first-order valence-electron chi connectivity index (χ1n) is 6.99. The Labute approximate surface area is 129 Å². The molecular weight excluding hydrogens is 310 g/mol. The summed E-state index contributed by atoms with van der Waals surface area (Å²) in [5, 5.41) is 8.92. The molecule has 7 nitrogen and oxygen atoms in total. The van der Waals surface area contributed by atoms with Gasteiger partial charge in [-0.1, -0.05) is 0 Å². The van der Waals surface area contributed by atoms with E-state index in [4.69, 9.17) is 14.6 Å². The minimum atomic E-state index is -3.75. The van der Waals surface area contributed by atoms with Crippen molar-refractivity contribution < 1.29 is 27.8 Å². The van der Waals surface area contributed by atoms with Gasteiger partial charge in [0, 0.05) is 6.54 Å². The largest absolute Gasteiger partial charge is 0.494 e. The third kappa shape index (κ3) is 3.76. The molecule has 1 atom stereocenters. The van der Waals surface area contributed by atoms with Crippen LogP contribution in [0, 0.1) is 0 Å². The summed E-state index contributed by atoms with van der Waals surface area (Å²) < 4.78 is 37.1. The van der Waals surface area contributed by atoms with E-state index in [0.717, 1.165) is 0 Å². The normalized spacial score (nSPS) is 19.8. The van der Waals surface area contributed by atoms with E-state index < -0.39 is 22.0 Å². The van der Waals surface area contributed by atoms with E-state index in [1.54, 1.807) is 12.1 Å². The Bertz CT molecular complexity index is 613. The van der Waals surface area contributed by atoms with Crippen molar-refractivity contribution in [2.45, 2.75) is 24.3 Å². The van der Waals surface area contributed by atoms with Crippen LogP contribution in [0.25, 0.3) is 0 Å². The Morgan fingerprint density at radius 1 is 1.41 bits per heavy atom. The number of ether oxygens (including phenoxy) is 2. The van der Waals surface area contributed by atoms with Gasteiger partial charge in [-0.05, 0) is 31.2 Å². The number of hydrogen-bond donors (Lipinski definition) is 1. The van der Waals surface area contributed by atoms with Crippen molar-refractivity contribution in [1.82, 2.24) is 4.31 Å². The van der Waals surface area contributed by atoms with Crippen LogP contribution in [0.2, 0.25) is 0 Å². The Balaban J connectivity index is 2.24. The minimum absolute atomic E-state index is 0.0859. The number of carboxylic acids is 1. The number of carboxylic acid groups (broad SMARTS) is 1. The zero-order valence-corrected chi connectivity index (χ0v) is 13.1. The van der Waals surface area contributed by atoms with E-state index in [0.29, 0.717) is 12.4 Å². The summed E-state index contributed by atoms with van der Waals surface area (Å²) in [6.07, 6.45) is -0.281. The van der Waals surface area contributed by atoms with Gasteiger partial charge in [-0.3, -0.25) is 4.79 Å². The molecule has 0 aliphatic carbocycles. The number of rotatable bonds is 6. The molecule has 1 heterocycles. The highest BCUT2D eigenvalue weighted by atomic mass is 32.2. The van der Waals surface area contributed by atoms with Gasteiger partial charge in [0.2, 0.25) is 10.0 Å². The van der Waals surface area contributed by atoms with Crippen LogP contribution in [-0.2, 0) is 19.6 Å². The molecular formula is C14H19NO6S. The number of nitrogens with zero attached hydrogens (tertiary/aromatic N) is 1. The third-order valence-electron chi connectivity index (χ3n) is 3.33. The summed E-state index contributed by atoms with van der Waals surface area (Å²) in [5.74, 6) is -0.465. The van der Waals surface area contributed by atoms with Gasteiger partial charge in [-0.15, -0.1) is 0 Å². The van der Waals surface area contributed by atoms with Gasteiger partial charge >= 0.3 is 5.97 Å². The van der Waals surface area contributed by atoms with Gasteiger partial charge in [0.05, 0.1) is 37.2 Å². The molecule has 122 valence electrons. The molecule has 22 heavy (non-hydrogen) atoms. The molecule has 0 saturated carbocycles. The van der Waals surface area contributed by atoms with E-state index in [1.165, 1.54) is 16.4 Å². The van der Waals surface area contributed by atoms with Crippen molar-refractivity contribution >= 4 is 16.0 Å². The highest BCUT2D eigenvalue weighted by molar-refractivity contribution is 7.89. The Hall–Kier alpha value is -1.64. The van der Waals surface area contributed by atoms with Crippen LogP contribution in [0.15, 0.2) is 29.2 Å². The molecule has 8 heteroatoms. The lowest BCUT2D eigenvalue weighted by molar-refractivity contribution is -0.139. The van der Waals surface area contributed by atoms with Crippen LogP contribution in [0.1, 0.15) is 13.3 Å². The SMILES string of the molecule is CCOc1ccc(S(=O)(=O)N2CCOCC2CC(=O)O)cc1. The molecule has 1 N–H and O–H groups in total. The van der Waals surface area contributed by atoms with E-state index in [2.05, 4.69) is 0 Å².